The minimum atomic E-state index is -0.561. The summed E-state index contributed by atoms with van der Waals surface area (Å²) in [4.78, 5) is 61.6. The minimum Gasteiger partial charge on any atom is -0.366 e. The van der Waals surface area contributed by atoms with Crippen LogP contribution in [0.1, 0.15) is 87.3 Å². The zero-order valence-corrected chi connectivity index (χ0v) is 32.8. The molecular formula is C40H49N13O4. The van der Waals surface area contributed by atoms with Crippen molar-refractivity contribution in [3.05, 3.63) is 76.4 Å². The Morgan fingerprint density at radius 3 is 2.39 bits per heavy atom. The van der Waals surface area contributed by atoms with Gasteiger partial charge in [-0.3, -0.25) is 44.1 Å². The zero-order chi connectivity index (χ0) is 40.2. The van der Waals surface area contributed by atoms with Crippen LogP contribution in [0.4, 0.5) is 17.6 Å². The molecule has 5 heterocycles. The highest BCUT2D eigenvalue weighted by molar-refractivity contribution is 6.05. The van der Waals surface area contributed by atoms with Gasteiger partial charge in [0.1, 0.15) is 16.9 Å². The third-order valence-electron chi connectivity index (χ3n) is 10.5. The first-order valence-corrected chi connectivity index (χ1v) is 19.5. The fraction of sp³-hybridized carbons (Fsp3) is 0.400. The van der Waals surface area contributed by atoms with Crippen LogP contribution in [0.5, 0.6) is 0 Å². The van der Waals surface area contributed by atoms with E-state index in [1.807, 2.05) is 56.7 Å². The number of aryl methyl sites for hydroxylation is 6. The molecule has 1 aliphatic rings. The number of nitrogens with two attached hydrogens (primary N) is 1. The number of para-hydroxylation sites is 1. The van der Waals surface area contributed by atoms with Crippen molar-refractivity contribution in [2.45, 2.75) is 85.5 Å². The van der Waals surface area contributed by atoms with Crippen molar-refractivity contribution in [1.29, 1.82) is 0 Å². The highest BCUT2D eigenvalue weighted by atomic mass is 16.2. The van der Waals surface area contributed by atoms with Crippen molar-refractivity contribution in [3.63, 3.8) is 0 Å². The Morgan fingerprint density at radius 1 is 0.912 bits per heavy atom. The molecule has 17 nitrogen and oxygen atoms in total. The van der Waals surface area contributed by atoms with E-state index in [1.54, 1.807) is 32.5 Å². The third-order valence-corrected chi connectivity index (χ3v) is 10.5. The number of aldehydes is 1. The number of hydrogen-bond acceptors (Lipinski definition) is 10. The summed E-state index contributed by atoms with van der Waals surface area (Å²) in [7, 11) is 1.83. The van der Waals surface area contributed by atoms with Crippen LogP contribution in [0.25, 0.3) is 22.1 Å². The largest absolute Gasteiger partial charge is 0.366 e. The van der Waals surface area contributed by atoms with E-state index in [2.05, 4.69) is 25.6 Å². The Morgan fingerprint density at radius 2 is 1.68 bits per heavy atom. The van der Waals surface area contributed by atoms with Crippen LogP contribution < -0.4 is 26.6 Å². The number of benzene rings is 2. The predicted molar refractivity (Wildman–Crippen MR) is 218 cm³/mol. The monoisotopic (exact) mass is 775 g/mol. The Hall–Kier alpha value is -6.36. The first kappa shape index (κ1) is 38.9. The maximum Gasteiger partial charge on any atom is 0.276 e. The molecule has 17 heteroatoms. The van der Waals surface area contributed by atoms with Crippen molar-refractivity contribution in [1.82, 2.24) is 44.0 Å². The van der Waals surface area contributed by atoms with Gasteiger partial charge in [0.25, 0.3) is 5.91 Å². The van der Waals surface area contributed by atoms with Gasteiger partial charge in [0.15, 0.2) is 6.29 Å². The van der Waals surface area contributed by atoms with Crippen molar-refractivity contribution in [3.8, 4) is 0 Å². The molecule has 4 aromatic heterocycles. The van der Waals surface area contributed by atoms with E-state index >= 15 is 0 Å². The molecule has 2 aromatic carbocycles. The molecule has 1 aliphatic heterocycles. The lowest BCUT2D eigenvalue weighted by Gasteiger charge is -2.15. The number of carbonyl (C=O) groups excluding carboxylic acids is 4. The van der Waals surface area contributed by atoms with Gasteiger partial charge >= 0.3 is 0 Å². The fourth-order valence-electron chi connectivity index (χ4n) is 7.73. The van der Waals surface area contributed by atoms with Gasteiger partial charge < -0.3 is 20.2 Å². The van der Waals surface area contributed by atoms with E-state index in [4.69, 9.17) is 20.8 Å². The summed E-state index contributed by atoms with van der Waals surface area (Å²) in [6.45, 7) is 8.84. The van der Waals surface area contributed by atoms with Crippen LogP contribution in [0, 0.1) is 13.8 Å². The van der Waals surface area contributed by atoms with Gasteiger partial charge in [-0.25, -0.2) is 9.97 Å². The number of anilines is 3. The van der Waals surface area contributed by atoms with Gasteiger partial charge in [-0.1, -0.05) is 12.5 Å². The average molecular weight is 776 g/mol. The summed E-state index contributed by atoms with van der Waals surface area (Å²) in [5.74, 6) is 0.204. The van der Waals surface area contributed by atoms with Crippen LogP contribution in [0.2, 0.25) is 0 Å². The van der Waals surface area contributed by atoms with Crippen molar-refractivity contribution < 1.29 is 19.2 Å². The Bertz CT molecular complexity index is 2470. The number of unbranched alkanes of at least 4 members (excludes halogenated alkanes) is 3. The lowest BCUT2D eigenvalue weighted by atomic mass is 10.0. The van der Waals surface area contributed by atoms with Crippen LogP contribution in [-0.2, 0) is 37.4 Å². The van der Waals surface area contributed by atoms with E-state index in [9.17, 15) is 19.2 Å². The Labute approximate surface area is 329 Å². The standard InChI is InChI=1S/C40H49N13O4/c1-5-52-36(29(26(3)48-52)12-7-6-8-19-53-28(23-54)20-25(2)47-53)38(57)46-40-44-30-21-27(37(41)56)15-16-31(30)49(40)17-9-10-18-50-32-13-11-14-33(35(32)45-39(50)42-4)51-24-43-22-34(51)55/h11,13-16,20-21,23,43H,5-10,12,17-19,22,24H2,1-4H3,(H2,41,56)(H,42,45)(H,44,46,57). The Balaban J connectivity index is 1.08. The van der Waals surface area contributed by atoms with Crippen molar-refractivity contribution in [2.24, 2.45) is 5.73 Å². The molecule has 3 amide bonds. The number of hydrogen-bond donors (Lipinski definition) is 4. The zero-order valence-electron chi connectivity index (χ0n) is 32.8. The molecule has 0 radical (unpaired) electrons. The van der Waals surface area contributed by atoms with Crippen LogP contribution in [0.15, 0.2) is 42.5 Å². The third kappa shape index (κ3) is 7.87. The molecule has 57 heavy (non-hydrogen) atoms. The summed E-state index contributed by atoms with van der Waals surface area (Å²) < 4.78 is 7.57. The van der Waals surface area contributed by atoms with Crippen molar-refractivity contribution in [2.75, 3.05) is 35.8 Å². The van der Waals surface area contributed by atoms with Crippen LogP contribution in [-0.4, -0.2) is 82.9 Å². The highest BCUT2D eigenvalue weighted by Gasteiger charge is 2.26. The molecule has 0 atom stereocenters. The lowest BCUT2D eigenvalue weighted by Crippen LogP contribution is -2.25. The number of fused-ring (bicyclic) bond motifs is 2. The Kier molecular flexibility index (Phi) is 11.5. The van der Waals surface area contributed by atoms with Gasteiger partial charge in [-0.05, 0) is 89.3 Å². The predicted octanol–water partition coefficient (Wildman–Crippen LogP) is 4.41. The van der Waals surface area contributed by atoms with Gasteiger partial charge in [0, 0.05) is 44.4 Å². The normalized spacial score (nSPS) is 13.0. The average Bonchev–Trinajstić information content (AvgIpc) is 4.02. The van der Waals surface area contributed by atoms with Crippen LogP contribution >= 0.6 is 0 Å². The molecule has 1 fully saturated rings. The van der Waals surface area contributed by atoms with E-state index in [0.29, 0.717) is 80.2 Å². The second-order valence-electron chi connectivity index (χ2n) is 14.3. The summed E-state index contributed by atoms with van der Waals surface area (Å²) in [5, 5.41) is 18.5. The summed E-state index contributed by atoms with van der Waals surface area (Å²) in [6, 6.07) is 12.8. The maximum absolute atomic E-state index is 14.2. The van der Waals surface area contributed by atoms with E-state index < -0.39 is 5.91 Å². The second kappa shape index (κ2) is 16.8. The quantitative estimate of drug-likeness (QED) is 0.0715. The molecule has 1 saturated heterocycles. The molecule has 7 rings (SSSR count). The molecule has 5 N–H and O–H groups in total. The summed E-state index contributed by atoms with van der Waals surface area (Å²) in [5.41, 5.74) is 13.3. The van der Waals surface area contributed by atoms with Gasteiger partial charge in [-0.2, -0.15) is 10.2 Å². The topological polar surface area (TPSA) is 205 Å². The number of nitrogens with one attached hydrogen (secondary N) is 3. The smallest absolute Gasteiger partial charge is 0.276 e. The van der Waals surface area contributed by atoms with Crippen LogP contribution in [0.3, 0.4) is 0 Å². The SMILES string of the molecule is CCn1nc(C)c(CCCCCn2nc(C)cc2C=O)c1C(=O)Nc1nc2cc(C(N)=O)ccc2n1CCCCn1c(NC)nc2c(N3CNCC3=O)cccc21. The highest BCUT2D eigenvalue weighted by Crippen LogP contribution is 2.31. The van der Waals surface area contributed by atoms with E-state index in [1.165, 1.54) is 0 Å². The first-order chi connectivity index (χ1) is 27.6. The second-order valence-corrected chi connectivity index (χ2v) is 14.3. The number of rotatable bonds is 18. The van der Waals surface area contributed by atoms with E-state index in [0.717, 1.165) is 77.6 Å². The molecule has 0 saturated carbocycles. The molecule has 298 valence electrons. The number of nitrogens with zero attached hydrogens (tertiary/aromatic N) is 9. The van der Waals surface area contributed by atoms with Gasteiger partial charge in [0.05, 0.1) is 46.8 Å². The van der Waals surface area contributed by atoms with Gasteiger partial charge in [0.2, 0.25) is 23.7 Å². The van der Waals surface area contributed by atoms with Gasteiger partial charge in [-0.15, -0.1) is 0 Å². The van der Waals surface area contributed by atoms with Crippen molar-refractivity contribution >= 4 is 63.7 Å². The molecule has 0 spiro atoms. The summed E-state index contributed by atoms with van der Waals surface area (Å²) >= 11 is 0. The number of amides is 3. The molecule has 6 aromatic rings. The number of carbonyl (C=O) groups is 4. The minimum absolute atomic E-state index is 0.00943. The lowest BCUT2D eigenvalue weighted by molar-refractivity contribution is -0.116. The number of imidazole rings is 2. The number of primary amides is 1. The van der Waals surface area contributed by atoms with E-state index in [-0.39, 0.29) is 11.8 Å². The number of aromatic nitrogens is 8. The first-order valence-electron chi connectivity index (χ1n) is 19.5. The molecule has 0 aliphatic carbocycles. The molecule has 0 unspecified atom stereocenters. The summed E-state index contributed by atoms with van der Waals surface area (Å²) in [6.07, 6.45) is 5.54. The molecular weight excluding hydrogens is 727 g/mol. The fourth-order valence-corrected chi connectivity index (χ4v) is 7.73. The maximum atomic E-state index is 14.2. The molecule has 0 bridgehead atoms.